The van der Waals surface area contributed by atoms with E-state index in [-0.39, 0.29) is 47.5 Å². The van der Waals surface area contributed by atoms with Crippen LogP contribution in [0.5, 0.6) is 17.2 Å². The number of fused-ring (bicyclic) bond motifs is 3. The highest BCUT2D eigenvalue weighted by Crippen LogP contribution is 2.43. The van der Waals surface area contributed by atoms with E-state index in [1.165, 1.54) is 5.56 Å². The van der Waals surface area contributed by atoms with Gasteiger partial charge >= 0.3 is 0 Å². The number of aromatic hydroxyl groups is 1. The molecule has 1 saturated heterocycles. The molecule has 5 aromatic rings. The number of hydrogen-bond acceptors (Lipinski definition) is 7. The second-order valence-electron chi connectivity index (χ2n) is 14.1. The molecule has 54 heavy (non-hydrogen) atoms. The van der Waals surface area contributed by atoms with Crippen LogP contribution >= 0.6 is 12.4 Å². The Morgan fingerprint density at radius 2 is 1.52 bits per heavy atom. The lowest BCUT2D eigenvalue weighted by atomic mass is 9.92. The van der Waals surface area contributed by atoms with Gasteiger partial charge in [0.25, 0.3) is 11.8 Å². The number of anilines is 2. The quantitative estimate of drug-likeness (QED) is 0.188. The van der Waals surface area contributed by atoms with Gasteiger partial charge in [0.15, 0.2) is 11.5 Å². The number of morpholine rings is 1. The van der Waals surface area contributed by atoms with Crippen molar-refractivity contribution in [1.29, 1.82) is 0 Å². The monoisotopic (exact) mass is 748 g/mol. The van der Waals surface area contributed by atoms with Crippen LogP contribution in [0.4, 0.5) is 11.4 Å². The van der Waals surface area contributed by atoms with Crippen LogP contribution < -0.4 is 14.4 Å². The Morgan fingerprint density at radius 3 is 2.30 bits per heavy atom. The van der Waals surface area contributed by atoms with E-state index < -0.39 is 6.75 Å². The molecule has 5 heterocycles. The number of amides is 2. The molecular weight excluding hydrogens is 704 g/mol. The lowest BCUT2D eigenvalue weighted by Crippen LogP contribution is -2.52. The van der Waals surface area contributed by atoms with E-state index in [2.05, 4.69) is 21.6 Å². The van der Waals surface area contributed by atoms with Gasteiger partial charge in [-0.1, -0.05) is 42.5 Å². The van der Waals surface area contributed by atoms with Crippen LogP contribution in [0.2, 0.25) is 0 Å². The number of aromatic nitrogens is 1. The van der Waals surface area contributed by atoms with Crippen molar-refractivity contribution in [2.75, 3.05) is 44.5 Å². The fraction of sp³-hybridized carbons (Fsp3) is 0.302. The van der Waals surface area contributed by atoms with Gasteiger partial charge in [0.2, 0.25) is 6.75 Å². The van der Waals surface area contributed by atoms with Crippen LogP contribution in [0.3, 0.4) is 0 Å². The molecule has 0 radical (unpaired) electrons. The number of carbonyl (C=O) groups excluding carboxylic acids is 2. The van der Waals surface area contributed by atoms with Crippen LogP contribution in [0.15, 0.2) is 97.1 Å². The summed E-state index contributed by atoms with van der Waals surface area (Å²) in [6.07, 6.45) is 3.16. The summed E-state index contributed by atoms with van der Waals surface area (Å²) < 4.78 is 35.5. The lowest BCUT2D eigenvalue weighted by molar-refractivity contribution is 0.0193. The fourth-order valence-corrected chi connectivity index (χ4v) is 8.21. The predicted octanol–water partition coefficient (Wildman–Crippen LogP) is 7.23. The third-order valence-electron chi connectivity index (χ3n) is 10.9. The zero-order valence-corrected chi connectivity index (χ0v) is 30.6. The summed E-state index contributed by atoms with van der Waals surface area (Å²) in [5, 5.41) is 10.1. The molecule has 1 N–H and O–H groups in total. The number of phenolic OH excluding ortho intramolecular Hbond substituents is 1. The largest absolute Gasteiger partial charge is 0.508 e. The Bertz CT molecular complexity index is 2260. The van der Waals surface area contributed by atoms with E-state index in [4.69, 9.17) is 17.0 Å². The van der Waals surface area contributed by atoms with Crippen molar-refractivity contribution in [3.63, 3.8) is 0 Å². The highest BCUT2D eigenvalue weighted by Gasteiger charge is 2.36. The first-order valence-electron chi connectivity index (χ1n) is 19.4. The van der Waals surface area contributed by atoms with Gasteiger partial charge in [-0.05, 0) is 91.4 Å². The van der Waals surface area contributed by atoms with E-state index in [1.807, 2.05) is 53.4 Å². The summed E-state index contributed by atoms with van der Waals surface area (Å²) in [6.45, 7) is 2.25. The van der Waals surface area contributed by atoms with Gasteiger partial charge in [-0.15, -0.1) is 12.4 Å². The first kappa shape index (κ1) is 33.3. The first-order chi connectivity index (χ1) is 26.7. The van der Waals surface area contributed by atoms with Crippen molar-refractivity contribution < 1.29 is 31.6 Å². The SMILES string of the molecule is Cl.[2H]C1([2H])Oc2cc(C(=O)N3Cc4ccccc4C[C@H]3CN3CCOCC3)c(-c3cc(C(=O)N(c4ccccc4)c4ccc(O)cc4)c4n3CCCC4)cc2O1. The third-order valence-corrected chi connectivity index (χ3v) is 10.9. The minimum Gasteiger partial charge on any atom is -0.508 e. The van der Waals surface area contributed by atoms with E-state index in [0.717, 1.165) is 37.2 Å². The summed E-state index contributed by atoms with van der Waals surface area (Å²) in [4.78, 5) is 36.1. The summed E-state index contributed by atoms with van der Waals surface area (Å²) in [5.74, 6) is 0.0116. The molecule has 11 heteroatoms. The highest BCUT2D eigenvalue weighted by molar-refractivity contribution is 6.12. The maximum absolute atomic E-state index is 15.2. The van der Waals surface area contributed by atoms with Crippen molar-refractivity contribution in [3.8, 4) is 28.5 Å². The number of phenols is 1. The fourth-order valence-electron chi connectivity index (χ4n) is 8.21. The van der Waals surface area contributed by atoms with Crippen LogP contribution in [0.25, 0.3) is 11.3 Å². The second-order valence-corrected chi connectivity index (χ2v) is 14.1. The van der Waals surface area contributed by atoms with Crippen molar-refractivity contribution in [1.82, 2.24) is 14.4 Å². The van der Waals surface area contributed by atoms with E-state index >= 15 is 4.79 Å². The molecular formula is C43H43ClN4O6. The van der Waals surface area contributed by atoms with Gasteiger partial charge in [-0.25, -0.2) is 0 Å². The Labute approximate surface area is 323 Å². The van der Waals surface area contributed by atoms with Gasteiger partial charge in [-0.3, -0.25) is 19.4 Å². The van der Waals surface area contributed by atoms with Crippen LogP contribution in [0, 0.1) is 0 Å². The minimum atomic E-state index is -2.40. The maximum Gasteiger partial charge on any atom is 0.264 e. The van der Waals surface area contributed by atoms with Crippen LogP contribution in [-0.2, 0) is 30.7 Å². The molecule has 2 amide bonds. The van der Waals surface area contributed by atoms with Gasteiger partial charge in [0, 0.05) is 67.1 Å². The van der Waals surface area contributed by atoms with Gasteiger partial charge < -0.3 is 28.8 Å². The summed E-state index contributed by atoms with van der Waals surface area (Å²) in [5.41, 5.74) is 6.56. The van der Waals surface area contributed by atoms with Crippen molar-refractivity contribution in [2.45, 2.75) is 44.8 Å². The predicted molar refractivity (Wildman–Crippen MR) is 208 cm³/mol. The zero-order valence-electron chi connectivity index (χ0n) is 31.8. The molecule has 0 spiro atoms. The van der Waals surface area contributed by atoms with Crippen molar-refractivity contribution in [2.24, 2.45) is 0 Å². The third kappa shape index (κ3) is 6.70. The Balaban J connectivity index is 0.00000441. The summed E-state index contributed by atoms with van der Waals surface area (Å²) >= 11 is 0. The molecule has 1 fully saturated rings. The van der Waals surface area contributed by atoms with Crippen molar-refractivity contribution >= 4 is 35.6 Å². The Morgan fingerprint density at radius 1 is 0.815 bits per heavy atom. The highest BCUT2D eigenvalue weighted by atomic mass is 35.5. The van der Waals surface area contributed by atoms with E-state index in [1.54, 1.807) is 41.3 Å². The minimum absolute atomic E-state index is 0. The van der Waals surface area contributed by atoms with E-state index in [9.17, 15) is 9.90 Å². The van der Waals surface area contributed by atoms with E-state index in [0.29, 0.717) is 79.4 Å². The molecule has 0 saturated carbocycles. The summed E-state index contributed by atoms with van der Waals surface area (Å²) in [6, 6.07) is 29.3. The molecule has 10 nitrogen and oxygen atoms in total. The van der Waals surface area contributed by atoms with Gasteiger partial charge in [0.1, 0.15) is 8.49 Å². The van der Waals surface area contributed by atoms with Gasteiger partial charge in [-0.2, -0.15) is 0 Å². The van der Waals surface area contributed by atoms with Crippen molar-refractivity contribution in [3.05, 3.63) is 125 Å². The number of ether oxygens (including phenoxy) is 3. The standard InChI is InChI=1S/C43H42N4O6.ClH/c48-34-15-13-32(14-16-34)47(31-10-2-1-3-11-31)43(50)37-23-39(45-17-7-6-12-38(37)45)35-24-40-41(53-28-52-40)25-36(35)42(49)46-26-30-9-5-4-8-29(30)22-33(46)27-44-18-20-51-21-19-44;/h1-5,8-11,13-16,23-25,33,48H,6-7,12,17-22,26-28H2;1H/t33-;/m0./s1/i28D2;. The van der Waals surface area contributed by atoms with Crippen LogP contribution in [0.1, 0.15) is 53.1 Å². The Hall–Kier alpha value is -5.29. The number of benzene rings is 4. The number of halogens is 1. The normalized spacial score (nSPS) is 19.1. The molecule has 1 atom stereocenters. The average molecular weight is 749 g/mol. The lowest BCUT2D eigenvalue weighted by Gasteiger charge is -2.40. The molecule has 1 aromatic heterocycles. The number of rotatable bonds is 7. The molecule has 4 aliphatic rings. The zero-order chi connectivity index (χ0) is 37.7. The average Bonchev–Trinajstić information content (AvgIpc) is 3.74. The van der Waals surface area contributed by atoms with Crippen LogP contribution in [-0.4, -0.2) is 76.9 Å². The molecule has 0 bridgehead atoms. The smallest absolute Gasteiger partial charge is 0.264 e. The molecule has 9 rings (SSSR count). The molecule has 0 unspecified atom stereocenters. The molecule has 0 aliphatic carbocycles. The summed E-state index contributed by atoms with van der Waals surface area (Å²) in [7, 11) is 0. The second kappa shape index (κ2) is 15.2. The topological polar surface area (TPSA) is 96.7 Å². The molecule has 4 aliphatic heterocycles. The molecule has 278 valence electrons. The number of para-hydroxylation sites is 1. The maximum atomic E-state index is 15.2. The van der Waals surface area contributed by atoms with Gasteiger partial charge in [0.05, 0.1) is 24.3 Å². The number of hydrogen-bond donors (Lipinski definition) is 1. The molecule has 4 aromatic carbocycles. The Kier molecular flexibility index (Phi) is 9.38. The number of carbonyl (C=O) groups is 2. The first-order valence-corrected chi connectivity index (χ1v) is 18.4. The number of nitrogens with zero attached hydrogens (tertiary/aromatic N) is 4.